The molecular formula is C15H20F2N2O3. The Kier molecular flexibility index (Phi) is 6.09. The van der Waals surface area contributed by atoms with Gasteiger partial charge in [0.05, 0.1) is 19.3 Å². The van der Waals surface area contributed by atoms with Gasteiger partial charge in [-0.3, -0.25) is 4.79 Å². The minimum absolute atomic E-state index is 0.0199. The molecule has 7 heteroatoms. The summed E-state index contributed by atoms with van der Waals surface area (Å²) in [6.45, 7) is 0.696. The lowest BCUT2D eigenvalue weighted by Gasteiger charge is -2.24. The van der Waals surface area contributed by atoms with Crippen molar-refractivity contribution in [2.75, 3.05) is 19.8 Å². The van der Waals surface area contributed by atoms with Gasteiger partial charge in [-0.05, 0) is 13.0 Å². The number of rotatable bonds is 6. The molecular weight excluding hydrogens is 294 g/mol. The quantitative estimate of drug-likeness (QED) is 0.841. The van der Waals surface area contributed by atoms with Gasteiger partial charge in [-0.25, -0.2) is 0 Å². The number of para-hydroxylation sites is 1. The van der Waals surface area contributed by atoms with Crippen LogP contribution in [-0.2, 0) is 9.53 Å². The number of carbonyl (C=O) groups is 1. The van der Waals surface area contributed by atoms with Crippen LogP contribution in [0.3, 0.4) is 0 Å². The van der Waals surface area contributed by atoms with Crippen LogP contribution < -0.4 is 15.4 Å². The molecule has 0 aliphatic carbocycles. The number of amides is 1. The summed E-state index contributed by atoms with van der Waals surface area (Å²) in [7, 11) is 0. The predicted octanol–water partition coefficient (Wildman–Crippen LogP) is 1.84. The van der Waals surface area contributed by atoms with E-state index in [1.54, 1.807) is 25.1 Å². The summed E-state index contributed by atoms with van der Waals surface area (Å²) in [6, 6.07) is 6.00. The Bertz CT molecular complexity index is 493. The fourth-order valence-corrected chi connectivity index (χ4v) is 2.39. The highest BCUT2D eigenvalue weighted by Crippen LogP contribution is 2.26. The number of ether oxygens (including phenoxy) is 2. The minimum Gasteiger partial charge on any atom is -0.434 e. The van der Waals surface area contributed by atoms with Crippen LogP contribution in [0.4, 0.5) is 8.78 Å². The van der Waals surface area contributed by atoms with Crippen molar-refractivity contribution >= 4 is 5.91 Å². The fraction of sp³-hybridized carbons (Fsp3) is 0.533. The Labute approximate surface area is 128 Å². The van der Waals surface area contributed by atoms with Crippen molar-refractivity contribution in [1.29, 1.82) is 0 Å². The summed E-state index contributed by atoms with van der Waals surface area (Å²) in [5.74, 6) is -0.0909. The minimum atomic E-state index is -2.90. The Balaban J connectivity index is 1.93. The predicted molar refractivity (Wildman–Crippen MR) is 76.9 cm³/mol. The number of benzene rings is 1. The molecule has 2 rings (SSSR count). The van der Waals surface area contributed by atoms with Crippen molar-refractivity contribution < 1.29 is 23.0 Å². The molecule has 122 valence electrons. The zero-order valence-corrected chi connectivity index (χ0v) is 12.4. The van der Waals surface area contributed by atoms with E-state index in [1.165, 1.54) is 6.07 Å². The number of carbonyl (C=O) groups excluding carboxylic acids is 1. The van der Waals surface area contributed by atoms with Crippen LogP contribution >= 0.6 is 0 Å². The Morgan fingerprint density at radius 1 is 1.50 bits per heavy atom. The first-order valence-corrected chi connectivity index (χ1v) is 7.20. The summed E-state index contributed by atoms with van der Waals surface area (Å²) in [6.07, 6.45) is 0.280. The van der Waals surface area contributed by atoms with Crippen molar-refractivity contribution in [3.8, 4) is 5.75 Å². The van der Waals surface area contributed by atoms with E-state index >= 15 is 0 Å². The van der Waals surface area contributed by atoms with Gasteiger partial charge in [0.25, 0.3) is 0 Å². The molecule has 0 aromatic heterocycles. The SMILES string of the molecule is CC(NC(=O)CC1COCCN1)c1ccccc1OC(F)F. The van der Waals surface area contributed by atoms with Gasteiger partial charge in [0, 0.05) is 24.6 Å². The maximum Gasteiger partial charge on any atom is 0.387 e. The molecule has 22 heavy (non-hydrogen) atoms. The Morgan fingerprint density at radius 3 is 2.95 bits per heavy atom. The maximum atomic E-state index is 12.4. The van der Waals surface area contributed by atoms with Crippen LogP contribution in [-0.4, -0.2) is 38.3 Å². The first kappa shape index (κ1) is 16.6. The molecule has 0 saturated carbocycles. The smallest absolute Gasteiger partial charge is 0.387 e. The molecule has 1 aromatic rings. The summed E-state index contributed by atoms with van der Waals surface area (Å²) in [4.78, 5) is 12.0. The number of halogens is 2. The van der Waals surface area contributed by atoms with Gasteiger partial charge in [-0.2, -0.15) is 8.78 Å². The third-order valence-corrected chi connectivity index (χ3v) is 3.41. The lowest BCUT2D eigenvalue weighted by atomic mass is 10.1. The van der Waals surface area contributed by atoms with Crippen molar-refractivity contribution in [3.63, 3.8) is 0 Å². The van der Waals surface area contributed by atoms with Gasteiger partial charge in [0.15, 0.2) is 0 Å². The lowest BCUT2D eigenvalue weighted by molar-refractivity contribution is -0.122. The van der Waals surface area contributed by atoms with Gasteiger partial charge >= 0.3 is 6.61 Å². The highest BCUT2D eigenvalue weighted by atomic mass is 19.3. The second kappa shape index (κ2) is 8.05. The van der Waals surface area contributed by atoms with E-state index in [4.69, 9.17) is 4.74 Å². The third kappa shape index (κ3) is 4.92. The van der Waals surface area contributed by atoms with Gasteiger partial charge in [0.1, 0.15) is 5.75 Å². The fourth-order valence-electron chi connectivity index (χ4n) is 2.39. The summed E-state index contributed by atoms with van der Waals surface area (Å²) < 4.78 is 34.6. The molecule has 0 spiro atoms. The monoisotopic (exact) mass is 314 g/mol. The molecule has 0 radical (unpaired) electrons. The van der Waals surface area contributed by atoms with Gasteiger partial charge in [-0.1, -0.05) is 18.2 Å². The van der Waals surface area contributed by atoms with Gasteiger partial charge < -0.3 is 20.1 Å². The average Bonchev–Trinajstić information content (AvgIpc) is 2.48. The molecule has 1 saturated heterocycles. The van der Waals surface area contributed by atoms with Crippen LogP contribution in [0.25, 0.3) is 0 Å². The first-order chi connectivity index (χ1) is 10.6. The van der Waals surface area contributed by atoms with Crippen LogP contribution in [0.15, 0.2) is 24.3 Å². The average molecular weight is 314 g/mol. The molecule has 1 amide bonds. The van der Waals surface area contributed by atoms with Crippen LogP contribution in [0.1, 0.15) is 24.9 Å². The molecule has 2 N–H and O–H groups in total. The van der Waals surface area contributed by atoms with E-state index in [9.17, 15) is 13.6 Å². The molecule has 1 heterocycles. The van der Waals surface area contributed by atoms with Crippen molar-refractivity contribution in [1.82, 2.24) is 10.6 Å². The standard InChI is InChI=1S/C15H20F2N2O3/c1-10(12-4-2-3-5-13(12)22-15(16)17)19-14(20)8-11-9-21-7-6-18-11/h2-5,10-11,15,18H,6-9H2,1H3,(H,19,20). The highest BCUT2D eigenvalue weighted by Gasteiger charge is 2.20. The lowest BCUT2D eigenvalue weighted by Crippen LogP contribution is -2.44. The Hall–Kier alpha value is -1.73. The zero-order chi connectivity index (χ0) is 15.9. The van der Waals surface area contributed by atoms with E-state index in [0.29, 0.717) is 18.8 Å². The van der Waals surface area contributed by atoms with Crippen molar-refractivity contribution in [3.05, 3.63) is 29.8 Å². The number of morpholine rings is 1. The van der Waals surface area contributed by atoms with Gasteiger partial charge in [0.2, 0.25) is 5.91 Å². The molecule has 1 aliphatic heterocycles. The first-order valence-electron chi connectivity index (χ1n) is 7.20. The van der Waals surface area contributed by atoms with Crippen LogP contribution in [0, 0.1) is 0 Å². The second-order valence-corrected chi connectivity index (χ2v) is 5.14. The molecule has 0 bridgehead atoms. The summed E-state index contributed by atoms with van der Waals surface area (Å²) in [5, 5.41) is 5.99. The third-order valence-electron chi connectivity index (χ3n) is 3.41. The molecule has 2 atom stereocenters. The zero-order valence-electron chi connectivity index (χ0n) is 12.4. The van der Waals surface area contributed by atoms with E-state index in [0.717, 1.165) is 6.54 Å². The molecule has 2 unspecified atom stereocenters. The topological polar surface area (TPSA) is 59.6 Å². The van der Waals surface area contributed by atoms with Crippen LogP contribution in [0.2, 0.25) is 0 Å². The van der Waals surface area contributed by atoms with Crippen LogP contribution in [0.5, 0.6) is 5.75 Å². The van der Waals surface area contributed by atoms with Crippen molar-refractivity contribution in [2.24, 2.45) is 0 Å². The van der Waals surface area contributed by atoms with E-state index < -0.39 is 12.7 Å². The number of alkyl halides is 2. The normalized spacial score (nSPS) is 19.7. The molecule has 5 nitrogen and oxygen atoms in total. The van der Waals surface area contributed by atoms with E-state index in [-0.39, 0.29) is 24.1 Å². The van der Waals surface area contributed by atoms with Crippen molar-refractivity contribution in [2.45, 2.75) is 32.0 Å². The number of nitrogens with one attached hydrogen (secondary N) is 2. The number of hydrogen-bond acceptors (Lipinski definition) is 4. The Morgan fingerprint density at radius 2 is 2.27 bits per heavy atom. The summed E-state index contributed by atoms with van der Waals surface area (Å²) in [5.41, 5.74) is 0.518. The highest BCUT2D eigenvalue weighted by molar-refractivity contribution is 5.77. The summed E-state index contributed by atoms with van der Waals surface area (Å²) >= 11 is 0. The van der Waals surface area contributed by atoms with Gasteiger partial charge in [-0.15, -0.1) is 0 Å². The molecule has 1 fully saturated rings. The maximum absolute atomic E-state index is 12.4. The second-order valence-electron chi connectivity index (χ2n) is 5.14. The van der Waals surface area contributed by atoms with E-state index in [1.807, 2.05) is 0 Å². The van der Waals surface area contributed by atoms with E-state index in [2.05, 4.69) is 15.4 Å². The largest absolute Gasteiger partial charge is 0.434 e. The number of hydrogen-bond donors (Lipinski definition) is 2. The molecule has 1 aromatic carbocycles. The molecule has 1 aliphatic rings.